The van der Waals surface area contributed by atoms with Crippen LogP contribution >= 0.6 is 0 Å². The van der Waals surface area contributed by atoms with Crippen LogP contribution in [0.25, 0.3) is 11.1 Å². The van der Waals surface area contributed by atoms with Crippen molar-refractivity contribution < 1.29 is 4.74 Å². The fourth-order valence-corrected chi connectivity index (χ4v) is 2.59. The predicted molar refractivity (Wildman–Crippen MR) is 107 cm³/mol. The Hall–Kier alpha value is -3.06. The van der Waals surface area contributed by atoms with Crippen molar-refractivity contribution in [1.29, 1.82) is 0 Å². The van der Waals surface area contributed by atoms with Crippen LogP contribution in [-0.4, -0.2) is 0 Å². The van der Waals surface area contributed by atoms with Crippen LogP contribution in [0.2, 0.25) is 0 Å². The van der Waals surface area contributed by atoms with E-state index in [2.05, 4.69) is 44.3 Å². The molecule has 0 heterocycles. The summed E-state index contributed by atoms with van der Waals surface area (Å²) in [6.45, 7) is 12.3. The molecule has 25 heavy (non-hydrogen) atoms. The third-order valence-corrected chi connectivity index (χ3v) is 4.19. The summed E-state index contributed by atoms with van der Waals surface area (Å²) in [5.41, 5.74) is 6.62. The van der Waals surface area contributed by atoms with Crippen LogP contribution in [0.5, 0.6) is 11.5 Å². The average Bonchev–Trinajstić information content (AvgIpc) is 2.64. The van der Waals surface area contributed by atoms with Crippen LogP contribution in [0.3, 0.4) is 0 Å². The van der Waals surface area contributed by atoms with Crippen molar-refractivity contribution in [2.75, 3.05) is 0 Å². The topological polar surface area (TPSA) is 9.23 Å². The molecule has 0 saturated carbocycles. The van der Waals surface area contributed by atoms with Crippen molar-refractivity contribution in [2.24, 2.45) is 0 Å². The second-order valence-electron chi connectivity index (χ2n) is 6.28. The van der Waals surface area contributed by atoms with Gasteiger partial charge in [-0.2, -0.15) is 0 Å². The highest BCUT2D eigenvalue weighted by Gasteiger charge is 2.04. The van der Waals surface area contributed by atoms with Crippen molar-refractivity contribution in [3.05, 3.63) is 108 Å². The van der Waals surface area contributed by atoms with E-state index in [0.29, 0.717) is 0 Å². The molecular weight excluding hydrogens is 304 g/mol. The Bertz CT molecular complexity index is 882. The molecule has 0 N–H and O–H groups in total. The zero-order valence-electron chi connectivity index (χ0n) is 14.8. The molecule has 0 aromatic heterocycles. The maximum Gasteiger partial charge on any atom is 0.127 e. The Morgan fingerprint density at radius 2 is 1.04 bits per heavy atom. The Balaban J connectivity index is 1.73. The molecule has 0 amide bonds. The Kier molecular flexibility index (Phi) is 4.85. The van der Waals surface area contributed by atoms with Gasteiger partial charge in [0.25, 0.3) is 0 Å². The van der Waals surface area contributed by atoms with Gasteiger partial charge in [-0.1, -0.05) is 72.8 Å². The van der Waals surface area contributed by atoms with Gasteiger partial charge in [-0.3, -0.25) is 0 Å². The zero-order chi connectivity index (χ0) is 17.8. The molecule has 124 valence electrons. The third kappa shape index (κ3) is 4.07. The van der Waals surface area contributed by atoms with Gasteiger partial charge in [-0.15, -0.1) is 0 Å². The van der Waals surface area contributed by atoms with E-state index in [1.54, 1.807) is 0 Å². The van der Waals surface area contributed by atoms with Gasteiger partial charge in [0.2, 0.25) is 0 Å². The largest absolute Gasteiger partial charge is 0.457 e. The van der Waals surface area contributed by atoms with E-state index >= 15 is 0 Å². The fraction of sp³-hybridized carbons (Fsp3) is 0.0833. The first-order valence-corrected chi connectivity index (χ1v) is 8.33. The zero-order valence-corrected chi connectivity index (χ0v) is 14.8. The first-order chi connectivity index (χ1) is 12.0. The molecule has 0 radical (unpaired) electrons. The highest BCUT2D eigenvalue weighted by molar-refractivity contribution is 5.79. The number of benzene rings is 3. The molecule has 3 aromatic rings. The van der Waals surface area contributed by atoms with Crippen LogP contribution in [0.15, 0.2) is 86.0 Å². The predicted octanol–water partition coefficient (Wildman–Crippen LogP) is 6.88. The monoisotopic (exact) mass is 326 g/mol. The molecule has 0 saturated heterocycles. The number of ether oxygens (including phenoxy) is 1. The van der Waals surface area contributed by atoms with Crippen LogP contribution in [0.4, 0.5) is 0 Å². The highest BCUT2D eigenvalue weighted by atomic mass is 16.5. The lowest BCUT2D eigenvalue weighted by Crippen LogP contribution is -1.89. The first kappa shape index (κ1) is 16.8. The van der Waals surface area contributed by atoms with Crippen molar-refractivity contribution in [2.45, 2.75) is 13.8 Å². The van der Waals surface area contributed by atoms with Crippen LogP contribution in [0, 0.1) is 6.92 Å². The Morgan fingerprint density at radius 3 is 1.52 bits per heavy atom. The van der Waals surface area contributed by atoms with E-state index in [4.69, 9.17) is 4.74 Å². The summed E-state index contributed by atoms with van der Waals surface area (Å²) >= 11 is 0. The molecule has 0 aliphatic rings. The molecule has 0 aliphatic heterocycles. The van der Waals surface area contributed by atoms with Gasteiger partial charge in [0, 0.05) is 0 Å². The van der Waals surface area contributed by atoms with Crippen molar-refractivity contribution in [3.63, 3.8) is 0 Å². The average molecular weight is 326 g/mol. The minimum Gasteiger partial charge on any atom is -0.457 e. The molecule has 0 fully saturated rings. The van der Waals surface area contributed by atoms with Gasteiger partial charge in [0.05, 0.1) is 0 Å². The second-order valence-corrected chi connectivity index (χ2v) is 6.28. The van der Waals surface area contributed by atoms with Gasteiger partial charge in [0.15, 0.2) is 0 Å². The van der Waals surface area contributed by atoms with Crippen molar-refractivity contribution in [1.82, 2.24) is 0 Å². The van der Waals surface area contributed by atoms with Gasteiger partial charge in [0.1, 0.15) is 11.5 Å². The van der Waals surface area contributed by atoms with Gasteiger partial charge >= 0.3 is 0 Å². The van der Waals surface area contributed by atoms with E-state index in [1.165, 1.54) is 5.56 Å². The third-order valence-electron chi connectivity index (χ3n) is 4.19. The second kappa shape index (κ2) is 7.23. The maximum atomic E-state index is 5.88. The van der Waals surface area contributed by atoms with E-state index in [1.807, 2.05) is 55.5 Å². The molecule has 1 heteroatoms. The molecule has 0 aliphatic carbocycles. The number of hydrogen-bond donors (Lipinski definition) is 0. The van der Waals surface area contributed by atoms with Gasteiger partial charge in [-0.25, -0.2) is 0 Å². The Morgan fingerprint density at radius 1 is 0.640 bits per heavy atom. The standard InChI is InChI=1S/C24H22O/c1-17(2)20-7-9-21(10-8-20)19(4)22-11-15-24(16-12-22)25-23-13-5-18(3)6-14-23/h5-16H,1,4H2,2-3H3. The van der Waals surface area contributed by atoms with E-state index < -0.39 is 0 Å². The lowest BCUT2D eigenvalue weighted by molar-refractivity contribution is 0.482. The summed E-state index contributed by atoms with van der Waals surface area (Å²) < 4.78 is 5.88. The SMILES string of the molecule is C=C(C)c1ccc(C(=C)c2ccc(Oc3ccc(C)cc3)cc2)cc1. The maximum absolute atomic E-state index is 5.88. The summed E-state index contributed by atoms with van der Waals surface area (Å²) in [4.78, 5) is 0. The number of hydrogen-bond acceptors (Lipinski definition) is 1. The van der Waals surface area contributed by atoms with Gasteiger partial charge < -0.3 is 4.74 Å². The molecule has 0 atom stereocenters. The van der Waals surface area contributed by atoms with E-state index in [9.17, 15) is 0 Å². The number of aryl methyl sites for hydroxylation is 1. The molecule has 3 rings (SSSR count). The molecule has 0 bridgehead atoms. The summed E-state index contributed by atoms with van der Waals surface area (Å²) in [6.07, 6.45) is 0. The molecule has 1 nitrogen and oxygen atoms in total. The smallest absolute Gasteiger partial charge is 0.127 e. The van der Waals surface area contributed by atoms with Gasteiger partial charge in [-0.05, 0) is 60.4 Å². The summed E-state index contributed by atoms with van der Waals surface area (Å²) in [7, 11) is 0. The molecular formula is C24H22O. The quantitative estimate of drug-likeness (QED) is 0.496. The molecule has 3 aromatic carbocycles. The normalized spacial score (nSPS) is 10.3. The van der Waals surface area contributed by atoms with E-state index in [0.717, 1.165) is 39.3 Å². The fourth-order valence-electron chi connectivity index (χ4n) is 2.59. The van der Waals surface area contributed by atoms with Crippen molar-refractivity contribution >= 4 is 11.1 Å². The minimum absolute atomic E-state index is 0.818. The van der Waals surface area contributed by atoms with Crippen LogP contribution in [0.1, 0.15) is 29.2 Å². The summed E-state index contributed by atoms with van der Waals surface area (Å²) in [5.74, 6) is 1.66. The lowest BCUT2D eigenvalue weighted by Gasteiger charge is -2.10. The number of allylic oxidation sites excluding steroid dienone is 1. The van der Waals surface area contributed by atoms with Crippen LogP contribution < -0.4 is 4.74 Å². The van der Waals surface area contributed by atoms with Crippen LogP contribution in [-0.2, 0) is 0 Å². The lowest BCUT2D eigenvalue weighted by atomic mass is 9.97. The highest BCUT2D eigenvalue weighted by Crippen LogP contribution is 2.27. The minimum atomic E-state index is 0.818. The number of rotatable bonds is 5. The Labute approximate surface area is 149 Å². The van der Waals surface area contributed by atoms with E-state index in [-0.39, 0.29) is 0 Å². The summed E-state index contributed by atoms with van der Waals surface area (Å²) in [6, 6.07) is 24.4. The van der Waals surface area contributed by atoms with Crippen molar-refractivity contribution in [3.8, 4) is 11.5 Å². The summed E-state index contributed by atoms with van der Waals surface area (Å²) in [5, 5.41) is 0. The molecule has 0 spiro atoms. The molecule has 0 unspecified atom stereocenters. The first-order valence-electron chi connectivity index (χ1n) is 8.33.